The van der Waals surface area contributed by atoms with Crippen LogP contribution in [-0.2, 0) is 6.54 Å². The third kappa shape index (κ3) is 5.86. The molecule has 0 aliphatic rings. The van der Waals surface area contributed by atoms with Crippen molar-refractivity contribution < 1.29 is 0 Å². The van der Waals surface area contributed by atoms with E-state index in [1.807, 2.05) is 42.6 Å². The van der Waals surface area contributed by atoms with E-state index < -0.39 is 0 Å². The fourth-order valence-corrected chi connectivity index (χ4v) is 7.19. The van der Waals surface area contributed by atoms with Crippen molar-refractivity contribution in [2.45, 2.75) is 6.54 Å². The zero-order valence-electron chi connectivity index (χ0n) is 28.4. The van der Waals surface area contributed by atoms with Gasteiger partial charge in [0.15, 0.2) is 5.84 Å². The highest BCUT2D eigenvalue weighted by Crippen LogP contribution is 2.39. The van der Waals surface area contributed by atoms with E-state index in [1.54, 1.807) is 0 Å². The van der Waals surface area contributed by atoms with Crippen LogP contribution in [0, 0.1) is 0 Å². The molecular formula is C48H34N4. The molecule has 0 aliphatic heterocycles. The molecule has 0 saturated carbocycles. The van der Waals surface area contributed by atoms with E-state index in [0.717, 1.165) is 44.3 Å². The first-order chi connectivity index (χ1) is 25.7. The molecule has 0 amide bonds. The molecule has 0 fully saturated rings. The second-order valence-corrected chi connectivity index (χ2v) is 13.0. The monoisotopic (exact) mass is 666 g/mol. The quantitative estimate of drug-likeness (QED) is 0.0831. The zero-order chi connectivity index (χ0) is 34.9. The van der Waals surface area contributed by atoms with Crippen LogP contribution in [0.4, 0.5) is 0 Å². The van der Waals surface area contributed by atoms with Crippen LogP contribution in [0.2, 0.25) is 0 Å². The number of para-hydroxylation sites is 1. The Hall–Kier alpha value is -6.91. The lowest BCUT2D eigenvalue weighted by molar-refractivity contribution is 1.06. The van der Waals surface area contributed by atoms with Gasteiger partial charge < -0.3 is 5.73 Å². The average molecular weight is 667 g/mol. The fourth-order valence-electron chi connectivity index (χ4n) is 7.19. The maximum atomic E-state index is 6.73. The van der Waals surface area contributed by atoms with E-state index in [-0.39, 0.29) is 0 Å². The van der Waals surface area contributed by atoms with Crippen molar-refractivity contribution in [1.82, 2.24) is 4.98 Å². The van der Waals surface area contributed by atoms with Crippen molar-refractivity contribution >= 4 is 54.9 Å². The molecule has 8 aromatic carbocycles. The van der Waals surface area contributed by atoms with E-state index in [2.05, 4.69) is 145 Å². The van der Waals surface area contributed by atoms with Gasteiger partial charge in [-0.25, -0.2) is 4.99 Å². The largest absolute Gasteiger partial charge is 0.383 e. The summed E-state index contributed by atoms with van der Waals surface area (Å²) in [6.07, 6.45) is 1.83. The van der Waals surface area contributed by atoms with Crippen molar-refractivity contribution in [2.75, 3.05) is 0 Å². The molecular weight excluding hydrogens is 633 g/mol. The van der Waals surface area contributed by atoms with Crippen LogP contribution in [0.3, 0.4) is 0 Å². The van der Waals surface area contributed by atoms with Crippen molar-refractivity contribution in [2.24, 2.45) is 15.7 Å². The van der Waals surface area contributed by atoms with Gasteiger partial charge in [0.25, 0.3) is 0 Å². The number of aromatic nitrogens is 1. The van der Waals surface area contributed by atoms with Gasteiger partial charge in [-0.05, 0) is 66.7 Å². The molecule has 2 N–H and O–H groups in total. The Morgan fingerprint density at radius 3 is 2.00 bits per heavy atom. The van der Waals surface area contributed by atoms with Gasteiger partial charge in [0.2, 0.25) is 0 Å². The summed E-state index contributed by atoms with van der Waals surface area (Å²) in [6.45, 7) is 0.489. The summed E-state index contributed by atoms with van der Waals surface area (Å²) in [5.74, 6) is 0.995. The molecule has 52 heavy (non-hydrogen) atoms. The van der Waals surface area contributed by atoms with Gasteiger partial charge >= 0.3 is 0 Å². The second kappa shape index (κ2) is 13.4. The lowest BCUT2D eigenvalue weighted by Crippen LogP contribution is -2.16. The third-order valence-corrected chi connectivity index (χ3v) is 9.81. The van der Waals surface area contributed by atoms with Crippen molar-refractivity contribution in [3.05, 3.63) is 199 Å². The van der Waals surface area contributed by atoms with Crippen LogP contribution < -0.4 is 5.73 Å². The van der Waals surface area contributed by atoms with Crippen LogP contribution in [0.5, 0.6) is 0 Å². The van der Waals surface area contributed by atoms with Crippen LogP contribution in [0.25, 0.3) is 65.5 Å². The highest BCUT2D eigenvalue weighted by atomic mass is 15.0. The molecule has 0 atom stereocenters. The molecule has 0 saturated heterocycles. The first kappa shape index (κ1) is 31.1. The summed E-state index contributed by atoms with van der Waals surface area (Å²) >= 11 is 0. The number of aliphatic imine (C=N–C) groups is 2. The molecule has 0 aliphatic carbocycles. The van der Waals surface area contributed by atoms with Gasteiger partial charge in [-0.2, -0.15) is 0 Å². The Morgan fingerprint density at radius 1 is 0.500 bits per heavy atom. The standard InChI is InChI=1S/C48H34N4/c49-47(37-23-19-34(20-24-37)42-18-8-14-36-15-9-29-50-46(36)42)52-48(51-31-32-10-2-1-3-11-32)38-25-21-35(22-26-38)45-41-17-7-5-13-39(41)30-44-40-16-6-4-12-33(40)27-28-43(44)45/h1-30H,31H2,(H2,49,51,52). The number of hydrogen-bond acceptors (Lipinski definition) is 2. The van der Waals surface area contributed by atoms with E-state index in [0.29, 0.717) is 18.2 Å². The van der Waals surface area contributed by atoms with Gasteiger partial charge in [0, 0.05) is 28.3 Å². The Morgan fingerprint density at radius 2 is 1.17 bits per heavy atom. The Kier molecular flexibility index (Phi) is 8.03. The van der Waals surface area contributed by atoms with Gasteiger partial charge in [-0.15, -0.1) is 0 Å². The number of fused-ring (bicyclic) bond motifs is 5. The predicted octanol–water partition coefficient (Wildman–Crippen LogP) is 11.4. The van der Waals surface area contributed by atoms with Crippen LogP contribution in [-0.4, -0.2) is 16.7 Å². The number of hydrogen-bond donors (Lipinski definition) is 1. The zero-order valence-corrected chi connectivity index (χ0v) is 28.4. The van der Waals surface area contributed by atoms with Gasteiger partial charge in [-0.1, -0.05) is 164 Å². The van der Waals surface area contributed by atoms with Crippen LogP contribution in [0.1, 0.15) is 16.7 Å². The summed E-state index contributed by atoms with van der Waals surface area (Å²) in [4.78, 5) is 14.6. The summed E-state index contributed by atoms with van der Waals surface area (Å²) < 4.78 is 0. The Bertz CT molecular complexity index is 2790. The Balaban J connectivity index is 1.10. The summed E-state index contributed by atoms with van der Waals surface area (Å²) in [6, 6.07) is 61.3. The predicted molar refractivity (Wildman–Crippen MR) is 219 cm³/mol. The van der Waals surface area contributed by atoms with Crippen LogP contribution in [0.15, 0.2) is 192 Å². The van der Waals surface area contributed by atoms with E-state index >= 15 is 0 Å². The van der Waals surface area contributed by atoms with E-state index in [1.165, 1.54) is 37.9 Å². The molecule has 1 heterocycles. The molecule has 0 bridgehead atoms. The number of nitrogens with zero attached hydrogens (tertiary/aromatic N) is 3. The number of nitrogens with two attached hydrogens (primary N) is 1. The van der Waals surface area contributed by atoms with Crippen LogP contribution >= 0.6 is 0 Å². The average Bonchev–Trinajstić information content (AvgIpc) is 3.21. The SMILES string of the molecule is NC(=NC(=NCc1ccccc1)c1ccc(-c2c3ccccc3cc3c2ccc2ccccc23)cc1)c1ccc(-c2cccc3cccnc23)cc1. The summed E-state index contributed by atoms with van der Waals surface area (Å²) in [5, 5.41) is 8.52. The first-order valence-electron chi connectivity index (χ1n) is 17.5. The number of rotatable bonds is 6. The minimum absolute atomic E-state index is 0.408. The maximum absolute atomic E-state index is 6.73. The molecule has 4 heteroatoms. The molecule has 4 nitrogen and oxygen atoms in total. The molecule has 246 valence electrons. The molecule has 0 radical (unpaired) electrons. The fraction of sp³-hybridized carbons (Fsp3) is 0.0208. The lowest BCUT2D eigenvalue weighted by Gasteiger charge is -2.14. The topological polar surface area (TPSA) is 63.6 Å². The smallest absolute Gasteiger partial charge is 0.157 e. The van der Waals surface area contributed by atoms with Gasteiger partial charge in [-0.3, -0.25) is 9.98 Å². The molecule has 0 unspecified atom stereocenters. The lowest BCUT2D eigenvalue weighted by atomic mass is 9.89. The van der Waals surface area contributed by atoms with E-state index in [9.17, 15) is 0 Å². The van der Waals surface area contributed by atoms with Gasteiger partial charge in [0.1, 0.15) is 5.84 Å². The number of pyridine rings is 1. The van der Waals surface area contributed by atoms with Gasteiger partial charge in [0.05, 0.1) is 12.1 Å². The molecule has 9 rings (SSSR count). The highest BCUT2D eigenvalue weighted by Gasteiger charge is 2.14. The minimum Gasteiger partial charge on any atom is -0.383 e. The minimum atomic E-state index is 0.408. The molecule has 0 spiro atoms. The normalized spacial score (nSPS) is 12.2. The first-order valence-corrected chi connectivity index (χ1v) is 17.5. The molecule has 9 aromatic rings. The van der Waals surface area contributed by atoms with E-state index in [4.69, 9.17) is 15.7 Å². The number of benzene rings is 8. The van der Waals surface area contributed by atoms with Crippen molar-refractivity contribution in [1.29, 1.82) is 0 Å². The third-order valence-electron chi connectivity index (χ3n) is 9.81. The second-order valence-electron chi connectivity index (χ2n) is 13.0. The molecule has 1 aromatic heterocycles. The maximum Gasteiger partial charge on any atom is 0.157 e. The summed E-state index contributed by atoms with van der Waals surface area (Å²) in [7, 11) is 0. The summed E-state index contributed by atoms with van der Waals surface area (Å²) in [5.41, 5.74) is 15.0. The number of amidine groups is 2. The van der Waals surface area contributed by atoms with Crippen molar-refractivity contribution in [3.63, 3.8) is 0 Å². The van der Waals surface area contributed by atoms with Crippen molar-refractivity contribution in [3.8, 4) is 22.3 Å². The Labute approximate surface area is 302 Å². The highest BCUT2D eigenvalue weighted by molar-refractivity contribution is 6.20.